The van der Waals surface area contributed by atoms with Crippen LogP contribution in [0, 0.1) is 3.57 Å². The number of carbonyl (C=O) groups is 1. The van der Waals surface area contributed by atoms with Crippen LogP contribution in [0.5, 0.6) is 5.75 Å². The lowest BCUT2D eigenvalue weighted by atomic mass is 10.2. The van der Waals surface area contributed by atoms with Crippen molar-refractivity contribution in [1.29, 1.82) is 0 Å². The van der Waals surface area contributed by atoms with Crippen LogP contribution in [0.4, 0.5) is 0 Å². The zero-order valence-electron chi connectivity index (χ0n) is 8.72. The van der Waals surface area contributed by atoms with E-state index in [1.165, 1.54) is 12.3 Å². The summed E-state index contributed by atoms with van der Waals surface area (Å²) in [5.74, 6) is -0.0130. The van der Waals surface area contributed by atoms with Gasteiger partial charge in [0, 0.05) is 3.57 Å². The van der Waals surface area contributed by atoms with Gasteiger partial charge in [-0.2, -0.15) is 0 Å². The maximum absolute atomic E-state index is 10.8. The van der Waals surface area contributed by atoms with Gasteiger partial charge in [0.1, 0.15) is 17.9 Å². The van der Waals surface area contributed by atoms with Crippen LogP contribution in [0.3, 0.4) is 0 Å². The van der Waals surface area contributed by atoms with Gasteiger partial charge in [0.25, 0.3) is 0 Å². The number of furan rings is 1. The van der Waals surface area contributed by atoms with E-state index >= 15 is 0 Å². The van der Waals surface area contributed by atoms with Crippen molar-refractivity contribution < 1.29 is 19.1 Å². The minimum absolute atomic E-state index is 0.106. The lowest BCUT2D eigenvalue weighted by Crippen LogP contribution is -2.02. The molecule has 0 aliphatic rings. The third kappa shape index (κ3) is 3.00. The second kappa shape index (κ2) is 5.22. The van der Waals surface area contributed by atoms with E-state index in [9.17, 15) is 4.79 Å². The number of hydrogen-bond donors (Lipinski definition) is 1. The van der Waals surface area contributed by atoms with Crippen LogP contribution in [0.2, 0.25) is 0 Å². The molecule has 2 aromatic rings. The van der Waals surface area contributed by atoms with E-state index in [0.29, 0.717) is 11.5 Å². The van der Waals surface area contributed by atoms with Gasteiger partial charge in [0.05, 0.1) is 6.26 Å². The molecule has 0 spiro atoms. The molecule has 1 aromatic carbocycles. The number of hydrogen-bond acceptors (Lipinski definition) is 3. The molecule has 0 saturated heterocycles. The summed E-state index contributed by atoms with van der Waals surface area (Å²) in [4.78, 5) is 10.8. The van der Waals surface area contributed by atoms with Crippen molar-refractivity contribution in [3.63, 3.8) is 0 Å². The van der Waals surface area contributed by atoms with Gasteiger partial charge < -0.3 is 14.3 Å². The van der Waals surface area contributed by atoms with E-state index < -0.39 is 5.97 Å². The van der Waals surface area contributed by atoms with Crippen LogP contribution in [-0.4, -0.2) is 11.1 Å². The van der Waals surface area contributed by atoms with Crippen LogP contribution in [0.25, 0.3) is 0 Å². The van der Waals surface area contributed by atoms with Crippen LogP contribution in [0.15, 0.2) is 41.0 Å². The number of aromatic carboxylic acids is 1. The third-order valence-corrected chi connectivity index (χ3v) is 2.81. The summed E-state index contributed by atoms with van der Waals surface area (Å²) in [5, 5.41) is 8.88. The smallest absolute Gasteiger partial charge is 0.339 e. The summed E-state index contributed by atoms with van der Waals surface area (Å²) in [6.07, 6.45) is 1.34. The van der Waals surface area contributed by atoms with Crippen LogP contribution in [0.1, 0.15) is 16.1 Å². The quantitative estimate of drug-likeness (QED) is 0.866. The largest absolute Gasteiger partial charge is 0.486 e. The molecule has 0 unspecified atom stereocenters. The van der Waals surface area contributed by atoms with Crippen molar-refractivity contribution in [2.75, 3.05) is 0 Å². The van der Waals surface area contributed by atoms with Gasteiger partial charge in [-0.1, -0.05) is 6.07 Å². The zero-order chi connectivity index (χ0) is 12.3. The molecule has 0 atom stereocenters. The predicted molar refractivity (Wildman–Crippen MR) is 69.2 cm³/mol. The van der Waals surface area contributed by atoms with Gasteiger partial charge in [0.2, 0.25) is 0 Å². The molecule has 1 aromatic heterocycles. The van der Waals surface area contributed by atoms with Crippen molar-refractivity contribution in [3.8, 4) is 5.75 Å². The molecule has 0 radical (unpaired) electrons. The van der Waals surface area contributed by atoms with Gasteiger partial charge in [-0.25, -0.2) is 4.79 Å². The second-order valence-corrected chi connectivity index (χ2v) is 4.55. The molecule has 5 heteroatoms. The maximum atomic E-state index is 10.8. The minimum Gasteiger partial charge on any atom is -0.486 e. The minimum atomic E-state index is -1.01. The highest BCUT2D eigenvalue weighted by molar-refractivity contribution is 14.1. The first kappa shape index (κ1) is 12.0. The summed E-state index contributed by atoms with van der Waals surface area (Å²) < 4.78 is 11.6. The van der Waals surface area contributed by atoms with Crippen molar-refractivity contribution in [2.45, 2.75) is 6.61 Å². The first-order chi connectivity index (χ1) is 8.16. The summed E-state index contributed by atoms with van der Waals surface area (Å²) in [5.41, 5.74) is 0.135. The molecule has 0 aliphatic heterocycles. The number of carboxylic acid groups (broad SMARTS) is 1. The zero-order valence-corrected chi connectivity index (χ0v) is 10.9. The SMILES string of the molecule is O=C(O)c1ccoc1COc1cccc(I)c1. The fraction of sp³-hybridized carbons (Fsp3) is 0.0833. The highest BCUT2D eigenvalue weighted by Crippen LogP contribution is 2.18. The van der Waals surface area contributed by atoms with Gasteiger partial charge in [0.15, 0.2) is 5.76 Å². The lowest BCUT2D eigenvalue weighted by Gasteiger charge is -2.05. The van der Waals surface area contributed by atoms with Gasteiger partial charge in [-0.05, 0) is 46.9 Å². The molecular formula is C12H9IO4. The fourth-order valence-corrected chi connectivity index (χ4v) is 1.86. The Hall–Kier alpha value is -1.50. The molecule has 0 aliphatic carbocycles. The standard InChI is InChI=1S/C12H9IO4/c13-8-2-1-3-9(6-8)17-7-11-10(12(14)15)4-5-16-11/h1-6H,7H2,(H,14,15). The second-order valence-electron chi connectivity index (χ2n) is 3.31. The number of halogens is 1. The summed E-state index contributed by atoms with van der Waals surface area (Å²) in [7, 11) is 0. The topological polar surface area (TPSA) is 59.7 Å². The Kier molecular flexibility index (Phi) is 3.68. The lowest BCUT2D eigenvalue weighted by molar-refractivity contribution is 0.0692. The van der Waals surface area contributed by atoms with Crippen molar-refractivity contribution in [2.24, 2.45) is 0 Å². The first-order valence-corrected chi connectivity index (χ1v) is 5.93. The monoisotopic (exact) mass is 344 g/mol. The Morgan fingerprint density at radius 3 is 2.94 bits per heavy atom. The number of benzene rings is 1. The van der Waals surface area contributed by atoms with Crippen molar-refractivity contribution in [3.05, 3.63) is 51.5 Å². The Labute approximate surface area is 111 Å². The molecular weight excluding hydrogens is 335 g/mol. The van der Waals surface area contributed by atoms with Crippen LogP contribution < -0.4 is 4.74 Å². The average molecular weight is 344 g/mol. The Bertz CT molecular complexity index is 533. The molecule has 17 heavy (non-hydrogen) atoms. The molecule has 0 fully saturated rings. The molecule has 1 N–H and O–H groups in total. The van der Waals surface area contributed by atoms with E-state index in [4.69, 9.17) is 14.3 Å². The van der Waals surface area contributed by atoms with E-state index in [0.717, 1.165) is 3.57 Å². The van der Waals surface area contributed by atoms with Gasteiger partial charge in [-0.3, -0.25) is 0 Å². The average Bonchev–Trinajstić information content (AvgIpc) is 2.74. The molecule has 0 bridgehead atoms. The summed E-state index contributed by atoms with van der Waals surface area (Å²) in [6.45, 7) is 0.106. The van der Waals surface area contributed by atoms with Gasteiger partial charge in [-0.15, -0.1) is 0 Å². The Morgan fingerprint density at radius 1 is 1.41 bits per heavy atom. The molecule has 0 saturated carbocycles. The normalized spacial score (nSPS) is 10.2. The summed E-state index contributed by atoms with van der Waals surface area (Å²) >= 11 is 2.18. The van der Waals surface area contributed by atoms with E-state index in [1.54, 1.807) is 0 Å². The van der Waals surface area contributed by atoms with E-state index in [2.05, 4.69) is 22.6 Å². The van der Waals surface area contributed by atoms with Crippen molar-refractivity contribution in [1.82, 2.24) is 0 Å². The summed E-state index contributed by atoms with van der Waals surface area (Å²) in [6, 6.07) is 8.91. The molecule has 88 valence electrons. The highest BCUT2D eigenvalue weighted by atomic mass is 127. The molecule has 4 nitrogen and oxygen atoms in total. The maximum Gasteiger partial charge on any atom is 0.339 e. The molecule has 1 heterocycles. The Morgan fingerprint density at radius 2 is 2.24 bits per heavy atom. The molecule has 2 rings (SSSR count). The van der Waals surface area contributed by atoms with Crippen LogP contribution >= 0.6 is 22.6 Å². The number of rotatable bonds is 4. The number of carboxylic acids is 1. The van der Waals surface area contributed by atoms with Crippen LogP contribution in [-0.2, 0) is 6.61 Å². The number of ether oxygens (including phenoxy) is 1. The molecule has 0 amide bonds. The van der Waals surface area contributed by atoms with Crippen molar-refractivity contribution >= 4 is 28.6 Å². The highest BCUT2D eigenvalue weighted by Gasteiger charge is 2.13. The Balaban J connectivity index is 2.07. The third-order valence-electron chi connectivity index (χ3n) is 2.14. The first-order valence-electron chi connectivity index (χ1n) is 4.85. The fourth-order valence-electron chi connectivity index (χ4n) is 1.35. The van der Waals surface area contributed by atoms with E-state index in [1.807, 2.05) is 24.3 Å². The predicted octanol–water partition coefficient (Wildman–Crippen LogP) is 3.16. The van der Waals surface area contributed by atoms with Gasteiger partial charge >= 0.3 is 5.97 Å². The van der Waals surface area contributed by atoms with E-state index in [-0.39, 0.29) is 12.2 Å².